The molecule has 2 amide bonds. The number of carbonyl (C=O) groups excluding carboxylic acids is 1. The van der Waals surface area contributed by atoms with Crippen LogP contribution < -0.4 is 10.2 Å². The van der Waals surface area contributed by atoms with Crippen LogP contribution in [0.25, 0.3) is 11.4 Å². The molecule has 0 spiro atoms. The van der Waals surface area contributed by atoms with E-state index in [0.717, 1.165) is 28.2 Å². The Bertz CT molecular complexity index is 1060. The van der Waals surface area contributed by atoms with Gasteiger partial charge in [-0.3, -0.25) is 0 Å². The number of piperazine rings is 1. The average Bonchev–Trinajstić information content (AvgIpc) is 2.82. The van der Waals surface area contributed by atoms with Crippen LogP contribution in [0, 0.1) is 12.7 Å². The quantitative estimate of drug-likeness (QED) is 0.660. The van der Waals surface area contributed by atoms with Gasteiger partial charge in [0.1, 0.15) is 11.6 Å². The van der Waals surface area contributed by atoms with Crippen molar-refractivity contribution in [3.8, 4) is 11.4 Å². The van der Waals surface area contributed by atoms with Gasteiger partial charge in [-0.05, 0) is 31.5 Å². The molecule has 2 aromatic carbocycles. The highest BCUT2D eigenvalue weighted by Crippen LogP contribution is 2.28. The summed E-state index contributed by atoms with van der Waals surface area (Å²) >= 11 is 0. The van der Waals surface area contributed by atoms with Crippen LogP contribution in [0.1, 0.15) is 23.7 Å². The van der Waals surface area contributed by atoms with Gasteiger partial charge in [0.05, 0.1) is 0 Å². The molecule has 1 saturated heterocycles. The number of hydrogen-bond acceptors (Lipinski definition) is 4. The second-order valence-corrected chi connectivity index (χ2v) is 7.91. The lowest BCUT2D eigenvalue weighted by molar-refractivity contribution is 0.195. The molecule has 1 fully saturated rings. The first-order chi connectivity index (χ1) is 15.5. The summed E-state index contributed by atoms with van der Waals surface area (Å²) in [6.07, 6.45) is 0.618. The van der Waals surface area contributed by atoms with Crippen molar-refractivity contribution < 1.29 is 9.18 Å². The topological polar surface area (TPSA) is 61.4 Å². The molecule has 0 unspecified atom stereocenters. The summed E-state index contributed by atoms with van der Waals surface area (Å²) in [6.45, 7) is 7.19. The smallest absolute Gasteiger partial charge is 0.317 e. The number of nitrogens with one attached hydrogen (secondary N) is 1. The van der Waals surface area contributed by atoms with Gasteiger partial charge in [0.2, 0.25) is 0 Å². The molecular formula is C25H28FN5O. The van der Waals surface area contributed by atoms with Gasteiger partial charge in [-0.25, -0.2) is 19.2 Å². The Kier molecular flexibility index (Phi) is 6.63. The van der Waals surface area contributed by atoms with E-state index in [0.29, 0.717) is 45.0 Å². The molecule has 1 N–H and O–H groups in total. The first-order valence-electron chi connectivity index (χ1n) is 11.0. The number of rotatable bonds is 5. The SMILES string of the molecule is CCNC(=O)N1CCN(c2nc(-c3ccccc3)nc(C)c2Cc2ccc(F)cc2)CC1. The number of hydrogen-bond donors (Lipinski definition) is 1. The number of benzene rings is 2. The summed E-state index contributed by atoms with van der Waals surface area (Å²) in [5.41, 5.74) is 3.91. The molecule has 4 rings (SSSR count). The number of urea groups is 1. The molecule has 0 saturated carbocycles. The summed E-state index contributed by atoms with van der Waals surface area (Å²) in [7, 11) is 0. The molecule has 6 nitrogen and oxygen atoms in total. The van der Waals surface area contributed by atoms with Gasteiger partial charge in [-0.2, -0.15) is 0 Å². The maximum absolute atomic E-state index is 13.4. The highest BCUT2D eigenvalue weighted by atomic mass is 19.1. The standard InChI is InChI=1S/C25H28FN5O/c1-3-27-25(32)31-15-13-30(14-16-31)24-22(17-19-9-11-21(26)12-10-19)18(2)28-23(29-24)20-7-5-4-6-8-20/h4-12H,3,13-17H2,1-2H3,(H,27,32). The second kappa shape index (κ2) is 9.77. The number of aryl methyl sites for hydroxylation is 1. The Morgan fingerprint density at radius 1 is 1.00 bits per heavy atom. The normalized spacial score (nSPS) is 13.8. The van der Waals surface area contributed by atoms with Crippen LogP contribution in [-0.4, -0.2) is 53.6 Å². The van der Waals surface area contributed by atoms with Crippen LogP contribution in [0.15, 0.2) is 54.6 Å². The first-order valence-corrected chi connectivity index (χ1v) is 11.0. The molecule has 2 heterocycles. The molecule has 0 bridgehead atoms. The van der Waals surface area contributed by atoms with Gasteiger partial charge >= 0.3 is 6.03 Å². The minimum atomic E-state index is -0.247. The molecule has 32 heavy (non-hydrogen) atoms. The zero-order valence-electron chi connectivity index (χ0n) is 18.5. The van der Waals surface area contributed by atoms with Crippen molar-refractivity contribution in [1.29, 1.82) is 0 Å². The van der Waals surface area contributed by atoms with E-state index in [2.05, 4.69) is 10.2 Å². The highest BCUT2D eigenvalue weighted by molar-refractivity contribution is 5.74. The van der Waals surface area contributed by atoms with Crippen LogP contribution in [0.4, 0.5) is 15.0 Å². The Labute approximate surface area is 188 Å². The number of aromatic nitrogens is 2. The van der Waals surface area contributed by atoms with Gasteiger partial charge < -0.3 is 15.1 Å². The Morgan fingerprint density at radius 3 is 2.34 bits per heavy atom. The van der Waals surface area contributed by atoms with Crippen LogP contribution >= 0.6 is 0 Å². The first kappa shape index (κ1) is 21.7. The van der Waals surface area contributed by atoms with Crippen molar-refractivity contribution in [3.63, 3.8) is 0 Å². The molecule has 0 radical (unpaired) electrons. The van der Waals surface area contributed by atoms with Crippen molar-refractivity contribution >= 4 is 11.8 Å². The van der Waals surface area contributed by atoms with Crippen LogP contribution in [0.5, 0.6) is 0 Å². The van der Waals surface area contributed by atoms with E-state index in [1.807, 2.05) is 49.1 Å². The van der Waals surface area contributed by atoms with E-state index < -0.39 is 0 Å². The van der Waals surface area contributed by atoms with Crippen LogP contribution in [-0.2, 0) is 6.42 Å². The third-order valence-corrected chi connectivity index (χ3v) is 5.71. The number of nitrogens with zero attached hydrogens (tertiary/aromatic N) is 4. The predicted octanol–water partition coefficient (Wildman–Crippen LogP) is 4.03. The fourth-order valence-electron chi connectivity index (χ4n) is 3.96. The Hall–Kier alpha value is -3.48. The lowest BCUT2D eigenvalue weighted by atomic mass is 10.0. The molecule has 0 atom stereocenters. The minimum Gasteiger partial charge on any atom is -0.353 e. The maximum atomic E-state index is 13.4. The van der Waals surface area contributed by atoms with E-state index in [1.54, 1.807) is 12.1 Å². The van der Waals surface area contributed by atoms with Gasteiger partial charge in [0.25, 0.3) is 0 Å². The molecule has 1 aliphatic rings. The van der Waals surface area contributed by atoms with E-state index in [-0.39, 0.29) is 11.8 Å². The third-order valence-electron chi connectivity index (χ3n) is 5.71. The zero-order chi connectivity index (χ0) is 22.5. The van der Waals surface area contributed by atoms with Crippen molar-refractivity contribution in [2.75, 3.05) is 37.6 Å². The van der Waals surface area contributed by atoms with Gasteiger partial charge in [0.15, 0.2) is 5.82 Å². The summed E-state index contributed by atoms with van der Waals surface area (Å²) in [6, 6.07) is 16.5. The monoisotopic (exact) mass is 433 g/mol. The molecular weight excluding hydrogens is 405 g/mol. The molecule has 7 heteroatoms. The Balaban J connectivity index is 1.67. The fourth-order valence-corrected chi connectivity index (χ4v) is 3.96. The predicted molar refractivity (Wildman–Crippen MR) is 124 cm³/mol. The fraction of sp³-hybridized carbons (Fsp3) is 0.320. The summed E-state index contributed by atoms with van der Waals surface area (Å²) in [4.78, 5) is 26.0. The van der Waals surface area contributed by atoms with Crippen molar-refractivity contribution in [3.05, 3.63) is 77.2 Å². The molecule has 3 aromatic rings. The summed E-state index contributed by atoms with van der Waals surface area (Å²) in [5, 5.41) is 2.87. The number of halogens is 1. The molecule has 0 aliphatic carbocycles. The third kappa shape index (κ3) is 4.88. The van der Waals surface area contributed by atoms with E-state index >= 15 is 0 Å². The van der Waals surface area contributed by atoms with Gasteiger partial charge in [-0.15, -0.1) is 0 Å². The van der Waals surface area contributed by atoms with Crippen molar-refractivity contribution in [2.45, 2.75) is 20.3 Å². The summed E-state index contributed by atoms with van der Waals surface area (Å²) < 4.78 is 13.4. The molecule has 1 aliphatic heterocycles. The average molecular weight is 434 g/mol. The maximum Gasteiger partial charge on any atom is 0.317 e. The largest absolute Gasteiger partial charge is 0.353 e. The lowest BCUT2D eigenvalue weighted by Crippen LogP contribution is -2.52. The number of amides is 2. The summed E-state index contributed by atoms with van der Waals surface area (Å²) in [5.74, 6) is 1.33. The molecule has 166 valence electrons. The minimum absolute atomic E-state index is 0.0254. The highest BCUT2D eigenvalue weighted by Gasteiger charge is 2.25. The van der Waals surface area contributed by atoms with Crippen molar-refractivity contribution in [1.82, 2.24) is 20.2 Å². The van der Waals surface area contributed by atoms with E-state index in [1.165, 1.54) is 12.1 Å². The van der Waals surface area contributed by atoms with Gasteiger partial charge in [-0.1, -0.05) is 42.5 Å². The zero-order valence-corrected chi connectivity index (χ0v) is 18.5. The van der Waals surface area contributed by atoms with Crippen LogP contribution in [0.2, 0.25) is 0 Å². The van der Waals surface area contributed by atoms with E-state index in [9.17, 15) is 9.18 Å². The lowest BCUT2D eigenvalue weighted by Gasteiger charge is -2.36. The number of anilines is 1. The molecule has 1 aromatic heterocycles. The number of carbonyl (C=O) groups is 1. The van der Waals surface area contributed by atoms with Crippen LogP contribution in [0.3, 0.4) is 0 Å². The van der Waals surface area contributed by atoms with Gasteiger partial charge in [0, 0.05) is 56.0 Å². The second-order valence-electron chi connectivity index (χ2n) is 7.91. The van der Waals surface area contributed by atoms with E-state index in [4.69, 9.17) is 9.97 Å². The van der Waals surface area contributed by atoms with Crippen molar-refractivity contribution in [2.24, 2.45) is 0 Å². The Morgan fingerprint density at radius 2 is 1.69 bits per heavy atom.